The van der Waals surface area contributed by atoms with E-state index in [0.717, 1.165) is 11.1 Å². The van der Waals surface area contributed by atoms with E-state index in [4.69, 9.17) is 4.74 Å². The van der Waals surface area contributed by atoms with Crippen molar-refractivity contribution >= 4 is 5.91 Å². The lowest BCUT2D eigenvalue weighted by Gasteiger charge is -2.08. The second kappa shape index (κ2) is 9.22. The number of carbonyl (C=O) groups excluding carboxylic acids is 1. The summed E-state index contributed by atoms with van der Waals surface area (Å²) >= 11 is 0. The van der Waals surface area contributed by atoms with Crippen LogP contribution in [0.15, 0.2) is 85.1 Å². The summed E-state index contributed by atoms with van der Waals surface area (Å²) < 4.78 is 5.86. The molecule has 1 aromatic heterocycles. The Morgan fingerprint density at radius 2 is 1.48 bits per heavy atom. The fraction of sp³-hybridized carbons (Fsp3) is 0.115. The molecule has 0 bridgehead atoms. The third-order valence-electron chi connectivity index (χ3n) is 4.85. The van der Waals surface area contributed by atoms with Crippen molar-refractivity contribution in [2.45, 2.75) is 20.4 Å². The van der Waals surface area contributed by atoms with Crippen LogP contribution in [0.1, 0.15) is 27.0 Å². The number of ether oxygens (including phenoxy) is 1. The average Bonchev–Trinajstić information content (AvgIpc) is 2.80. The fourth-order valence-electron chi connectivity index (χ4n) is 3.03. The Labute approximate surface area is 181 Å². The number of hydrogen-bond donors (Lipinski definition) is 1. The van der Waals surface area contributed by atoms with Crippen LogP contribution in [0.5, 0.6) is 11.6 Å². The monoisotopic (exact) mass is 409 g/mol. The first-order valence-electron chi connectivity index (χ1n) is 10.1. The van der Waals surface area contributed by atoms with Gasteiger partial charge in [0.15, 0.2) is 5.82 Å². The highest BCUT2D eigenvalue weighted by Gasteiger charge is 2.08. The van der Waals surface area contributed by atoms with E-state index in [1.807, 2.05) is 62.4 Å². The lowest BCUT2D eigenvalue weighted by atomic mass is 10.1. The Kier molecular flexibility index (Phi) is 6.03. The summed E-state index contributed by atoms with van der Waals surface area (Å²) in [5.74, 6) is 1.52. The van der Waals surface area contributed by atoms with Crippen molar-refractivity contribution in [2.75, 3.05) is 0 Å². The lowest BCUT2D eigenvalue weighted by molar-refractivity contribution is 0.0951. The topological polar surface area (TPSA) is 64.1 Å². The first-order valence-corrected chi connectivity index (χ1v) is 10.1. The molecule has 0 saturated heterocycles. The number of aryl methyl sites for hydroxylation is 2. The molecule has 0 unspecified atom stereocenters. The van der Waals surface area contributed by atoms with Crippen molar-refractivity contribution in [3.05, 3.63) is 107 Å². The minimum Gasteiger partial charge on any atom is -0.439 e. The van der Waals surface area contributed by atoms with Crippen LogP contribution < -0.4 is 10.1 Å². The Morgan fingerprint density at radius 1 is 0.839 bits per heavy atom. The number of nitrogens with zero attached hydrogens (tertiary/aromatic N) is 2. The molecule has 0 aliphatic rings. The van der Waals surface area contributed by atoms with Crippen LogP contribution in [0.2, 0.25) is 0 Å². The Morgan fingerprint density at radius 3 is 2.16 bits per heavy atom. The summed E-state index contributed by atoms with van der Waals surface area (Å²) in [6.45, 7) is 4.56. The van der Waals surface area contributed by atoms with Gasteiger partial charge in [0, 0.05) is 29.9 Å². The number of rotatable bonds is 6. The van der Waals surface area contributed by atoms with Crippen LogP contribution in [0.25, 0.3) is 11.4 Å². The second-order valence-corrected chi connectivity index (χ2v) is 7.38. The van der Waals surface area contributed by atoms with Crippen molar-refractivity contribution < 1.29 is 9.53 Å². The van der Waals surface area contributed by atoms with Crippen molar-refractivity contribution in [2.24, 2.45) is 0 Å². The molecule has 0 saturated carbocycles. The third kappa shape index (κ3) is 5.34. The van der Waals surface area contributed by atoms with Gasteiger partial charge in [0.1, 0.15) is 5.75 Å². The van der Waals surface area contributed by atoms with E-state index in [9.17, 15) is 4.79 Å². The van der Waals surface area contributed by atoms with Gasteiger partial charge in [-0.15, -0.1) is 0 Å². The number of hydrogen-bond acceptors (Lipinski definition) is 4. The van der Waals surface area contributed by atoms with Crippen molar-refractivity contribution in [1.82, 2.24) is 15.3 Å². The zero-order valence-electron chi connectivity index (χ0n) is 17.5. The van der Waals surface area contributed by atoms with Crippen LogP contribution in [-0.4, -0.2) is 15.9 Å². The molecule has 0 spiro atoms. The molecular formula is C26H23N3O2. The SMILES string of the molecule is Cc1ccc(CNC(=O)c2ccc(Oc3ccnc(-c4ccc(C)cc4)n3)cc2)cc1. The predicted octanol–water partition coefficient (Wildman–Crippen LogP) is 5.48. The van der Waals surface area contributed by atoms with Gasteiger partial charge in [-0.25, -0.2) is 4.98 Å². The molecule has 5 heteroatoms. The van der Waals surface area contributed by atoms with Crippen LogP contribution in [0.3, 0.4) is 0 Å². The van der Waals surface area contributed by atoms with E-state index in [0.29, 0.717) is 29.6 Å². The van der Waals surface area contributed by atoms with Crippen molar-refractivity contribution in [3.63, 3.8) is 0 Å². The second-order valence-electron chi connectivity index (χ2n) is 7.38. The summed E-state index contributed by atoms with van der Waals surface area (Å²) in [6, 6.07) is 24.8. The van der Waals surface area contributed by atoms with Crippen LogP contribution in [0.4, 0.5) is 0 Å². The Balaban J connectivity index is 1.39. The zero-order chi connectivity index (χ0) is 21.6. The first-order chi connectivity index (χ1) is 15.1. The van der Waals surface area contributed by atoms with Gasteiger partial charge >= 0.3 is 0 Å². The Hall–Kier alpha value is -3.99. The van der Waals surface area contributed by atoms with Crippen LogP contribution >= 0.6 is 0 Å². The minimum absolute atomic E-state index is 0.129. The molecule has 31 heavy (non-hydrogen) atoms. The molecule has 4 rings (SSSR count). The molecule has 1 N–H and O–H groups in total. The molecule has 1 amide bonds. The highest BCUT2D eigenvalue weighted by atomic mass is 16.5. The summed E-state index contributed by atoms with van der Waals surface area (Å²) in [6.07, 6.45) is 1.67. The summed E-state index contributed by atoms with van der Waals surface area (Å²) in [4.78, 5) is 21.2. The standard InChI is InChI=1S/C26H23N3O2/c1-18-3-7-20(8-4-18)17-28-26(30)22-11-13-23(14-12-22)31-24-15-16-27-25(29-24)21-9-5-19(2)6-10-21/h3-16H,17H2,1-2H3,(H,28,30). The van der Waals surface area contributed by atoms with Crippen LogP contribution in [-0.2, 0) is 6.54 Å². The number of carbonyl (C=O) groups is 1. The molecule has 4 aromatic rings. The predicted molar refractivity (Wildman–Crippen MR) is 121 cm³/mol. The van der Waals surface area contributed by atoms with Crippen molar-refractivity contribution in [3.8, 4) is 23.0 Å². The largest absolute Gasteiger partial charge is 0.439 e. The minimum atomic E-state index is -0.129. The number of nitrogens with one attached hydrogen (secondary N) is 1. The molecule has 154 valence electrons. The van der Waals surface area contributed by atoms with Gasteiger partial charge in [0.25, 0.3) is 5.91 Å². The first kappa shape index (κ1) is 20.3. The maximum absolute atomic E-state index is 12.4. The maximum atomic E-state index is 12.4. The normalized spacial score (nSPS) is 10.5. The molecule has 0 fully saturated rings. The quantitative estimate of drug-likeness (QED) is 0.458. The smallest absolute Gasteiger partial charge is 0.251 e. The van der Waals surface area contributed by atoms with Gasteiger partial charge in [-0.3, -0.25) is 4.79 Å². The molecule has 3 aromatic carbocycles. The summed E-state index contributed by atoms with van der Waals surface area (Å²) in [5.41, 5.74) is 4.94. The van der Waals surface area contributed by atoms with Gasteiger partial charge in [0.2, 0.25) is 5.88 Å². The summed E-state index contributed by atoms with van der Waals surface area (Å²) in [7, 11) is 0. The highest BCUT2D eigenvalue weighted by molar-refractivity contribution is 5.94. The van der Waals surface area contributed by atoms with E-state index >= 15 is 0 Å². The molecular weight excluding hydrogens is 386 g/mol. The molecule has 0 atom stereocenters. The Bertz CT molecular complexity index is 1170. The van der Waals surface area contributed by atoms with Gasteiger partial charge in [-0.2, -0.15) is 4.98 Å². The van der Waals surface area contributed by atoms with Gasteiger partial charge in [-0.05, 0) is 43.7 Å². The van der Waals surface area contributed by atoms with E-state index in [1.54, 1.807) is 36.5 Å². The number of aromatic nitrogens is 2. The lowest BCUT2D eigenvalue weighted by Crippen LogP contribution is -2.22. The molecule has 0 aliphatic carbocycles. The zero-order valence-corrected chi connectivity index (χ0v) is 17.5. The molecule has 5 nitrogen and oxygen atoms in total. The highest BCUT2D eigenvalue weighted by Crippen LogP contribution is 2.23. The third-order valence-corrected chi connectivity index (χ3v) is 4.85. The van der Waals surface area contributed by atoms with E-state index in [2.05, 4.69) is 15.3 Å². The maximum Gasteiger partial charge on any atom is 0.251 e. The van der Waals surface area contributed by atoms with Gasteiger partial charge in [-0.1, -0.05) is 59.7 Å². The van der Waals surface area contributed by atoms with Gasteiger partial charge in [0.05, 0.1) is 0 Å². The molecule has 1 heterocycles. The van der Waals surface area contributed by atoms with E-state index < -0.39 is 0 Å². The van der Waals surface area contributed by atoms with Crippen LogP contribution in [0, 0.1) is 13.8 Å². The van der Waals surface area contributed by atoms with E-state index in [1.165, 1.54) is 11.1 Å². The molecule has 0 radical (unpaired) electrons. The number of amides is 1. The van der Waals surface area contributed by atoms with E-state index in [-0.39, 0.29) is 5.91 Å². The van der Waals surface area contributed by atoms with Crippen molar-refractivity contribution in [1.29, 1.82) is 0 Å². The average molecular weight is 409 g/mol. The number of benzene rings is 3. The fourth-order valence-corrected chi connectivity index (χ4v) is 3.03. The summed E-state index contributed by atoms with van der Waals surface area (Å²) in [5, 5.41) is 2.93. The van der Waals surface area contributed by atoms with Gasteiger partial charge < -0.3 is 10.1 Å². The molecule has 0 aliphatic heterocycles.